The highest BCUT2D eigenvalue weighted by Gasteiger charge is 2.35. The molecule has 0 radical (unpaired) electrons. The molecule has 3 atom stereocenters. The van der Waals surface area contributed by atoms with E-state index in [1.807, 2.05) is 33.8 Å². The standard InChI is InChI=1S/C28H35N5O3/c1-18-15-36-16-19(2)33(18)28(34)32-8-5-20-10-22(23-11-21-4-7-31(3)27(21)30-13-23)12-24(25(20)14-32)26-17-35-9-6-29-26/h4,7,10-13,18-19,26,29H,5-6,8-9,14-17H2,1-3H3/t18?,19?,26-/m0/s1. The summed E-state index contributed by atoms with van der Waals surface area (Å²) in [7, 11) is 2.02. The Balaban J connectivity index is 1.36. The molecule has 36 heavy (non-hydrogen) atoms. The van der Waals surface area contributed by atoms with Gasteiger partial charge in [-0.15, -0.1) is 0 Å². The Hall–Kier alpha value is -2.94. The first-order chi connectivity index (χ1) is 17.5. The van der Waals surface area contributed by atoms with Crippen LogP contribution in [0, 0.1) is 0 Å². The number of benzene rings is 1. The highest BCUT2D eigenvalue weighted by atomic mass is 16.5. The Bertz CT molecular complexity index is 1270. The van der Waals surface area contributed by atoms with Crippen molar-refractivity contribution in [2.45, 2.75) is 44.9 Å². The van der Waals surface area contributed by atoms with Crippen molar-refractivity contribution in [2.24, 2.45) is 7.05 Å². The summed E-state index contributed by atoms with van der Waals surface area (Å²) < 4.78 is 13.6. The van der Waals surface area contributed by atoms with Crippen molar-refractivity contribution in [3.05, 3.63) is 53.3 Å². The number of hydrogen-bond acceptors (Lipinski definition) is 5. The van der Waals surface area contributed by atoms with Crippen molar-refractivity contribution >= 4 is 17.1 Å². The van der Waals surface area contributed by atoms with E-state index in [2.05, 4.69) is 43.4 Å². The van der Waals surface area contributed by atoms with Crippen molar-refractivity contribution in [2.75, 3.05) is 39.5 Å². The van der Waals surface area contributed by atoms with Gasteiger partial charge in [0, 0.05) is 50.0 Å². The van der Waals surface area contributed by atoms with Crippen LogP contribution in [0.4, 0.5) is 4.79 Å². The average Bonchev–Trinajstić information content (AvgIpc) is 3.28. The lowest BCUT2D eigenvalue weighted by Gasteiger charge is -2.43. The number of aromatic nitrogens is 2. The number of aryl methyl sites for hydroxylation is 1. The maximum absolute atomic E-state index is 13.6. The van der Waals surface area contributed by atoms with Gasteiger partial charge in [0.15, 0.2) is 0 Å². The van der Waals surface area contributed by atoms with Gasteiger partial charge in [0.1, 0.15) is 5.65 Å². The van der Waals surface area contributed by atoms with E-state index in [1.54, 1.807) is 0 Å². The highest BCUT2D eigenvalue weighted by Crippen LogP contribution is 2.35. The lowest BCUT2D eigenvalue weighted by atomic mass is 9.87. The van der Waals surface area contributed by atoms with Crippen molar-refractivity contribution in [3.8, 4) is 11.1 Å². The molecule has 2 fully saturated rings. The third kappa shape index (κ3) is 4.17. The van der Waals surface area contributed by atoms with E-state index in [1.165, 1.54) is 22.3 Å². The molecule has 190 valence electrons. The van der Waals surface area contributed by atoms with E-state index in [0.717, 1.165) is 42.7 Å². The first kappa shape index (κ1) is 23.5. The molecule has 0 bridgehead atoms. The summed E-state index contributed by atoms with van der Waals surface area (Å²) in [4.78, 5) is 22.4. The summed E-state index contributed by atoms with van der Waals surface area (Å²) in [6, 6.07) is 9.30. The summed E-state index contributed by atoms with van der Waals surface area (Å²) in [5.41, 5.74) is 7.07. The van der Waals surface area contributed by atoms with Gasteiger partial charge in [-0.05, 0) is 60.7 Å². The zero-order chi connectivity index (χ0) is 24.8. The van der Waals surface area contributed by atoms with E-state index in [4.69, 9.17) is 14.5 Å². The maximum atomic E-state index is 13.6. The van der Waals surface area contributed by atoms with Crippen molar-refractivity contribution < 1.29 is 14.3 Å². The number of fused-ring (bicyclic) bond motifs is 2. The summed E-state index contributed by atoms with van der Waals surface area (Å²) in [6.07, 6.45) is 4.85. The number of pyridine rings is 1. The number of nitrogens with one attached hydrogen (secondary N) is 1. The number of ether oxygens (including phenoxy) is 2. The number of carbonyl (C=O) groups is 1. The topological polar surface area (TPSA) is 71.9 Å². The minimum atomic E-state index is 0.0818. The van der Waals surface area contributed by atoms with E-state index < -0.39 is 0 Å². The molecule has 0 spiro atoms. The maximum Gasteiger partial charge on any atom is 0.320 e. The number of morpholine rings is 2. The zero-order valence-corrected chi connectivity index (χ0v) is 21.4. The van der Waals surface area contributed by atoms with E-state index in [9.17, 15) is 4.79 Å². The molecule has 2 unspecified atom stereocenters. The monoisotopic (exact) mass is 489 g/mol. The Morgan fingerprint density at radius 3 is 2.69 bits per heavy atom. The fourth-order valence-electron chi connectivity index (χ4n) is 5.96. The second-order valence-electron chi connectivity index (χ2n) is 10.4. The van der Waals surface area contributed by atoms with Crippen molar-refractivity contribution in [1.82, 2.24) is 24.7 Å². The molecule has 0 saturated carbocycles. The Labute approximate surface area is 212 Å². The van der Waals surface area contributed by atoms with Crippen LogP contribution in [-0.4, -0.2) is 77.0 Å². The molecule has 1 N–H and O–H groups in total. The Morgan fingerprint density at radius 2 is 1.92 bits per heavy atom. The fourth-order valence-corrected chi connectivity index (χ4v) is 5.96. The van der Waals surface area contributed by atoms with Gasteiger partial charge in [0.25, 0.3) is 0 Å². The normalized spacial score (nSPS) is 24.7. The van der Waals surface area contributed by atoms with Crippen LogP contribution in [0.1, 0.15) is 36.6 Å². The van der Waals surface area contributed by atoms with Crippen LogP contribution in [0.3, 0.4) is 0 Å². The molecule has 2 saturated heterocycles. The number of nitrogens with zero attached hydrogens (tertiary/aromatic N) is 4. The van der Waals surface area contributed by atoms with Crippen LogP contribution < -0.4 is 5.32 Å². The Morgan fingerprint density at radius 1 is 1.08 bits per heavy atom. The molecule has 2 aromatic heterocycles. The van der Waals surface area contributed by atoms with Crippen LogP contribution >= 0.6 is 0 Å². The molecule has 3 aromatic rings. The predicted octanol–water partition coefficient (Wildman–Crippen LogP) is 3.49. The van der Waals surface area contributed by atoms with Crippen molar-refractivity contribution in [3.63, 3.8) is 0 Å². The van der Waals surface area contributed by atoms with E-state index in [0.29, 0.717) is 26.4 Å². The molecule has 8 heteroatoms. The molecular formula is C28H35N5O3. The molecular weight excluding hydrogens is 454 g/mol. The first-order valence-corrected chi connectivity index (χ1v) is 13.0. The number of carbonyl (C=O) groups excluding carboxylic acids is 1. The van der Waals surface area contributed by atoms with Crippen LogP contribution in [0.2, 0.25) is 0 Å². The van der Waals surface area contributed by atoms with Gasteiger partial charge in [0.2, 0.25) is 0 Å². The number of rotatable bonds is 2. The summed E-state index contributed by atoms with van der Waals surface area (Å²) in [5.74, 6) is 0. The van der Waals surface area contributed by atoms with Gasteiger partial charge >= 0.3 is 6.03 Å². The van der Waals surface area contributed by atoms with E-state index >= 15 is 0 Å². The van der Waals surface area contributed by atoms with Gasteiger partial charge in [-0.3, -0.25) is 0 Å². The number of urea groups is 1. The predicted molar refractivity (Wildman–Crippen MR) is 139 cm³/mol. The van der Waals surface area contributed by atoms with Gasteiger partial charge in [-0.25, -0.2) is 9.78 Å². The van der Waals surface area contributed by atoms with Crippen LogP contribution in [0.25, 0.3) is 22.2 Å². The summed E-state index contributed by atoms with van der Waals surface area (Å²) in [5, 5.41) is 4.78. The molecule has 5 heterocycles. The molecule has 3 aliphatic heterocycles. The molecule has 8 nitrogen and oxygen atoms in total. The minimum Gasteiger partial charge on any atom is -0.378 e. The van der Waals surface area contributed by atoms with Crippen LogP contribution in [0.15, 0.2) is 36.7 Å². The molecule has 0 aliphatic carbocycles. The van der Waals surface area contributed by atoms with Gasteiger partial charge < -0.3 is 29.2 Å². The summed E-state index contributed by atoms with van der Waals surface area (Å²) in [6.45, 7) is 8.86. The highest BCUT2D eigenvalue weighted by molar-refractivity contribution is 5.82. The first-order valence-electron chi connectivity index (χ1n) is 13.0. The zero-order valence-electron chi connectivity index (χ0n) is 21.4. The fraction of sp³-hybridized carbons (Fsp3) is 0.500. The second kappa shape index (κ2) is 9.50. The third-order valence-corrected chi connectivity index (χ3v) is 7.87. The molecule has 2 amide bonds. The molecule has 3 aliphatic rings. The van der Waals surface area contributed by atoms with Crippen LogP contribution in [-0.2, 0) is 29.5 Å². The van der Waals surface area contributed by atoms with Gasteiger partial charge in [-0.2, -0.15) is 0 Å². The SMILES string of the molecule is CC1COCC(C)N1C(=O)N1CCc2cc(-c3cnc4c(ccn4C)c3)cc([C@@H]3COCCN3)c2C1. The lowest BCUT2D eigenvalue weighted by Crippen LogP contribution is -2.57. The quantitative estimate of drug-likeness (QED) is 0.597. The van der Waals surface area contributed by atoms with Crippen LogP contribution in [0.5, 0.6) is 0 Å². The second-order valence-corrected chi connectivity index (χ2v) is 10.4. The molecule has 1 aromatic carbocycles. The number of amides is 2. The molecule has 6 rings (SSSR count). The summed E-state index contributed by atoms with van der Waals surface area (Å²) >= 11 is 0. The third-order valence-electron chi connectivity index (χ3n) is 7.87. The van der Waals surface area contributed by atoms with Gasteiger partial charge in [-0.1, -0.05) is 6.07 Å². The largest absolute Gasteiger partial charge is 0.378 e. The Kier molecular flexibility index (Phi) is 6.19. The van der Waals surface area contributed by atoms with Gasteiger partial charge in [0.05, 0.1) is 44.6 Å². The van der Waals surface area contributed by atoms with Crippen molar-refractivity contribution in [1.29, 1.82) is 0 Å². The average molecular weight is 490 g/mol. The van der Waals surface area contributed by atoms with E-state index in [-0.39, 0.29) is 24.2 Å². The minimum absolute atomic E-state index is 0.0818. The lowest BCUT2D eigenvalue weighted by molar-refractivity contribution is -0.0227. The smallest absolute Gasteiger partial charge is 0.320 e. The number of hydrogen-bond donors (Lipinski definition) is 1.